The van der Waals surface area contributed by atoms with Crippen molar-refractivity contribution < 1.29 is 4.74 Å². The van der Waals surface area contributed by atoms with E-state index in [2.05, 4.69) is 16.7 Å². The van der Waals surface area contributed by atoms with Gasteiger partial charge in [-0.25, -0.2) is 4.98 Å². The van der Waals surface area contributed by atoms with Crippen LogP contribution < -0.4 is 4.74 Å². The second-order valence-electron chi connectivity index (χ2n) is 6.10. The summed E-state index contributed by atoms with van der Waals surface area (Å²) in [4.78, 5) is 4.72. The predicted octanol–water partition coefficient (Wildman–Crippen LogP) is 6.62. The first-order chi connectivity index (χ1) is 13.1. The van der Waals surface area contributed by atoms with Gasteiger partial charge in [0.25, 0.3) is 0 Å². The first-order valence-corrected chi connectivity index (χ1v) is 9.50. The molecule has 0 aliphatic carbocycles. The van der Waals surface area contributed by atoms with Crippen molar-refractivity contribution in [3.8, 4) is 5.75 Å². The highest BCUT2D eigenvalue weighted by Crippen LogP contribution is 2.29. The van der Waals surface area contributed by atoms with Crippen LogP contribution in [0.2, 0.25) is 15.1 Å². The van der Waals surface area contributed by atoms with Crippen LogP contribution in [0.1, 0.15) is 11.4 Å². The van der Waals surface area contributed by atoms with Crippen molar-refractivity contribution in [2.24, 2.45) is 0 Å². The Morgan fingerprint density at radius 2 is 1.59 bits per heavy atom. The van der Waals surface area contributed by atoms with Crippen LogP contribution in [-0.4, -0.2) is 9.55 Å². The van der Waals surface area contributed by atoms with Crippen LogP contribution in [0.4, 0.5) is 0 Å². The molecule has 3 nitrogen and oxygen atoms in total. The maximum atomic E-state index is 6.21. The van der Waals surface area contributed by atoms with E-state index in [1.165, 1.54) is 5.56 Å². The Balaban J connectivity index is 1.69. The van der Waals surface area contributed by atoms with Gasteiger partial charge in [0.15, 0.2) is 0 Å². The number of nitrogens with zero attached hydrogens (tertiary/aromatic N) is 2. The maximum Gasteiger partial charge on any atom is 0.148 e. The molecule has 0 unspecified atom stereocenters. The molecule has 3 aromatic carbocycles. The summed E-state index contributed by atoms with van der Waals surface area (Å²) in [5, 5.41) is 1.71. The van der Waals surface area contributed by atoms with E-state index in [9.17, 15) is 0 Å². The zero-order valence-electron chi connectivity index (χ0n) is 14.2. The summed E-state index contributed by atoms with van der Waals surface area (Å²) in [6, 6.07) is 21.0. The fourth-order valence-electron chi connectivity index (χ4n) is 2.93. The van der Waals surface area contributed by atoms with E-state index in [4.69, 9.17) is 44.5 Å². The summed E-state index contributed by atoms with van der Waals surface area (Å²) >= 11 is 18.4. The van der Waals surface area contributed by atoms with Gasteiger partial charge in [-0.1, -0.05) is 65.1 Å². The van der Waals surface area contributed by atoms with Crippen molar-refractivity contribution in [3.05, 3.63) is 93.2 Å². The molecule has 0 aliphatic rings. The number of fused-ring (bicyclic) bond motifs is 1. The molecule has 0 aliphatic heterocycles. The van der Waals surface area contributed by atoms with Crippen LogP contribution in [0.3, 0.4) is 0 Å². The summed E-state index contributed by atoms with van der Waals surface area (Å²) in [7, 11) is 0. The summed E-state index contributed by atoms with van der Waals surface area (Å²) < 4.78 is 8.02. The highest BCUT2D eigenvalue weighted by Gasteiger charge is 2.13. The summed E-state index contributed by atoms with van der Waals surface area (Å²) in [6.07, 6.45) is 0. The van der Waals surface area contributed by atoms with Crippen LogP contribution in [-0.2, 0) is 13.2 Å². The van der Waals surface area contributed by atoms with Crippen LogP contribution >= 0.6 is 34.8 Å². The van der Waals surface area contributed by atoms with Gasteiger partial charge in [0.2, 0.25) is 0 Å². The average Bonchev–Trinajstić information content (AvgIpc) is 2.99. The van der Waals surface area contributed by atoms with Crippen molar-refractivity contribution in [1.82, 2.24) is 9.55 Å². The Labute approximate surface area is 172 Å². The molecule has 27 heavy (non-hydrogen) atoms. The minimum absolute atomic E-state index is 0.278. The molecule has 0 fully saturated rings. The SMILES string of the molecule is Clc1ccc(OCc2nc3ccc(Cl)cc3n2Cc2ccccc2)c(Cl)c1. The zero-order valence-corrected chi connectivity index (χ0v) is 16.5. The maximum absolute atomic E-state index is 6.21. The molecule has 136 valence electrons. The first-order valence-electron chi connectivity index (χ1n) is 8.36. The first kappa shape index (κ1) is 18.2. The Hall–Kier alpha value is -2.20. The van der Waals surface area contributed by atoms with Crippen LogP contribution in [0.5, 0.6) is 5.75 Å². The molecule has 0 spiro atoms. The van der Waals surface area contributed by atoms with Gasteiger partial charge in [-0.3, -0.25) is 0 Å². The molecule has 0 radical (unpaired) electrons. The molecular weight excluding hydrogens is 403 g/mol. The number of benzene rings is 3. The molecule has 4 aromatic rings. The van der Waals surface area contributed by atoms with E-state index in [0.717, 1.165) is 16.9 Å². The number of hydrogen-bond donors (Lipinski definition) is 0. The minimum atomic E-state index is 0.278. The van der Waals surface area contributed by atoms with E-state index in [0.29, 0.717) is 27.4 Å². The minimum Gasteiger partial charge on any atom is -0.484 e. The molecule has 0 N–H and O–H groups in total. The van der Waals surface area contributed by atoms with Crippen molar-refractivity contribution >= 4 is 45.8 Å². The lowest BCUT2D eigenvalue weighted by Crippen LogP contribution is -2.08. The standard InChI is InChI=1S/C21H15Cl3N2O/c22-15-7-9-20(17(24)10-15)27-13-21-25-18-8-6-16(23)11-19(18)26(21)12-14-4-2-1-3-5-14/h1-11H,12-13H2. The predicted molar refractivity (Wildman–Crippen MR) is 111 cm³/mol. The smallest absolute Gasteiger partial charge is 0.148 e. The van der Waals surface area contributed by atoms with Crippen LogP contribution in [0.15, 0.2) is 66.7 Å². The Kier molecular flexibility index (Phi) is 5.26. The molecule has 4 rings (SSSR count). The Morgan fingerprint density at radius 3 is 2.37 bits per heavy atom. The van der Waals surface area contributed by atoms with E-state index < -0.39 is 0 Å². The Bertz CT molecular complexity index is 1090. The molecule has 1 aromatic heterocycles. The lowest BCUT2D eigenvalue weighted by molar-refractivity contribution is 0.291. The number of aromatic nitrogens is 2. The number of ether oxygens (including phenoxy) is 1. The van der Waals surface area contributed by atoms with Gasteiger partial charge in [0.05, 0.1) is 16.1 Å². The van der Waals surface area contributed by atoms with E-state index >= 15 is 0 Å². The van der Waals surface area contributed by atoms with Gasteiger partial charge in [-0.2, -0.15) is 0 Å². The lowest BCUT2D eigenvalue weighted by atomic mass is 10.2. The topological polar surface area (TPSA) is 27.1 Å². The average molecular weight is 418 g/mol. The van der Waals surface area contributed by atoms with Gasteiger partial charge in [-0.05, 0) is 42.0 Å². The fourth-order valence-corrected chi connectivity index (χ4v) is 3.56. The number of imidazole rings is 1. The largest absolute Gasteiger partial charge is 0.484 e. The number of halogens is 3. The molecule has 0 amide bonds. The number of rotatable bonds is 5. The lowest BCUT2D eigenvalue weighted by Gasteiger charge is -2.12. The van der Waals surface area contributed by atoms with E-state index in [-0.39, 0.29) is 6.61 Å². The van der Waals surface area contributed by atoms with Crippen LogP contribution in [0, 0.1) is 0 Å². The summed E-state index contributed by atoms with van der Waals surface area (Å²) in [5.41, 5.74) is 3.01. The highest BCUT2D eigenvalue weighted by molar-refractivity contribution is 6.35. The monoisotopic (exact) mass is 416 g/mol. The molecular formula is C21H15Cl3N2O. The van der Waals surface area contributed by atoms with Gasteiger partial charge in [0, 0.05) is 16.6 Å². The van der Waals surface area contributed by atoms with Gasteiger partial charge >= 0.3 is 0 Å². The second-order valence-corrected chi connectivity index (χ2v) is 7.38. The Morgan fingerprint density at radius 1 is 0.852 bits per heavy atom. The van der Waals surface area contributed by atoms with E-state index in [1.54, 1.807) is 18.2 Å². The summed E-state index contributed by atoms with van der Waals surface area (Å²) in [6.45, 7) is 0.950. The highest BCUT2D eigenvalue weighted by atomic mass is 35.5. The third-order valence-corrected chi connectivity index (χ3v) is 4.99. The van der Waals surface area contributed by atoms with Gasteiger partial charge in [0.1, 0.15) is 18.2 Å². The molecule has 0 saturated carbocycles. The van der Waals surface area contributed by atoms with Gasteiger partial charge < -0.3 is 9.30 Å². The second kappa shape index (κ2) is 7.81. The molecule has 0 saturated heterocycles. The zero-order chi connectivity index (χ0) is 18.8. The molecule has 0 bridgehead atoms. The fraction of sp³-hybridized carbons (Fsp3) is 0.0952. The molecule has 6 heteroatoms. The molecule has 0 atom stereocenters. The quantitative estimate of drug-likeness (QED) is 0.364. The van der Waals surface area contributed by atoms with Crippen molar-refractivity contribution in [3.63, 3.8) is 0 Å². The summed E-state index contributed by atoms with van der Waals surface area (Å²) in [5.74, 6) is 1.36. The van der Waals surface area contributed by atoms with Crippen molar-refractivity contribution in [1.29, 1.82) is 0 Å². The van der Waals surface area contributed by atoms with E-state index in [1.807, 2.05) is 36.4 Å². The van der Waals surface area contributed by atoms with Gasteiger partial charge in [-0.15, -0.1) is 0 Å². The van der Waals surface area contributed by atoms with Crippen molar-refractivity contribution in [2.45, 2.75) is 13.2 Å². The third-order valence-electron chi connectivity index (χ3n) is 4.22. The molecule has 1 heterocycles. The third kappa shape index (κ3) is 4.06. The van der Waals surface area contributed by atoms with Crippen LogP contribution in [0.25, 0.3) is 11.0 Å². The normalized spacial score (nSPS) is 11.1. The number of hydrogen-bond acceptors (Lipinski definition) is 2. The van der Waals surface area contributed by atoms with Crippen molar-refractivity contribution in [2.75, 3.05) is 0 Å².